The highest BCUT2D eigenvalue weighted by atomic mass is 14.5. The van der Waals surface area contributed by atoms with Crippen molar-refractivity contribution in [1.82, 2.24) is 0 Å². The van der Waals surface area contributed by atoms with E-state index >= 15 is 0 Å². The Kier molecular flexibility index (Phi) is 3.19. The van der Waals surface area contributed by atoms with E-state index in [1.165, 1.54) is 44.9 Å². The number of rotatable bonds is 2. The molecule has 14 heavy (non-hydrogen) atoms. The third-order valence-corrected chi connectivity index (χ3v) is 5.20. The number of hydrogen-bond acceptors (Lipinski definition) is 0. The predicted octanol–water partition coefficient (Wildman–Crippen LogP) is 4.78. The molecule has 0 heteroatoms. The van der Waals surface area contributed by atoms with Gasteiger partial charge in [-0.25, -0.2) is 0 Å². The van der Waals surface area contributed by atoms with Gasteiger partial charge in [0, 0.05) is 0 Å². The zero-order chi connectivity index (χ0) is 10.0. The van der Waals surface area contributed by atoms with Crippen molar-refractivity contribution in [3.8, 4) is 0 Å². The third kappa shape index (κ3) is 1.73. The monoisotopic (exact) mass is 194 g/mol. The van der Waals surface area contributed by atoms with Crippen molar-refractivity contribution in [1.29, 1.82) is 0 Å². The first-order chi connectivity index (χ1) is 6.78. The van der Waals surface area contributed by atoms with Gasteiger partial charge >= 0.3 is 0 Å². The predicted molar refractivity (Wildman–Crippen MR) is 62.3 cm³/mol. The van der Waals surface area contributed by atoms with E-state index in [9.17, 15) is 0 Å². The van der Waals surface area contributed by atoms with Gasteiger partial charge in [0.25, 0.3) is 0 Å². The van der Waals surface area contributed by atoms with E-state index in [-0.39, 0.29) is 0 Å². The van der Waals surface area contributed by atoms with Gasteiger partial charge in [0.1, 0.15) is 0 Å². The molecular weight excluding hydrogens is 168 g/mol. The lowest BCUT2D eigenvalue weighted by molar-refractivity contribution is 0.0681. The molecule has 0 aromatic heterocycles. The second kappa shape index (κ2) is 4.24. The molecule has 2 aliphatic rings. The molecule has 2 fully saturated rings. The lowest BCUT2D eigenvalue weighted by Gasteiger charge is -2.44. The van der Waals surface area contributed by atoms with Gasteiger partial charge < -0.3 is 0 Å². The molecule has 0 saturated heterocycles. The van der Waals surface area contributed by atoms with E-state index < -0.39 is 0 Å². The Morgan fingerprint density at radius 2 is 1.71 bits per heavy atom. The highest BCUT2D eigenvalue weighted by Gasteiger charge is 2.42. The van der Waals surface area contributed by atoms with Crippen LogP contribution in [0.15, 0.2) is 0 Å². The van der Waals surface area contributed by atoms with Crippen LogP contribution in [0.25, 0.3) is 0 Å². The maximum atomic E-state index is 2.50. The molecule has 0 N–H and O–H groups in total. The molecule has 82 valence electrons. The second-order valence-corrected chi connectivity index (χ2v) is 5.79. The Morgan fingerprint density at radius 3 is 2.21 bits per heavy atom. The van der Waals surface area contributed by atoms with Gasteiger partial charge in [0.2, 0.25) is 0 Å². The average Bonchev–Trinajstić information content (AvgIpc) is 2.66. The van der Waals surface area contributed by atoms with Gasteiger partial charge in [-0.1, -0.05) is 52.4 Å². The molecule has 0 spiro atoms. The summed E-state index contributed by atoms with van der Waals surface area (Å²) in [6.45, 7) is 4.94. The van der Waals surface area contributed by atoms with E-state index in [4.69, 9.17) is 0 Å². The molecule has 0 aromatic rings. The summed E-state index contributed by atoms with van der Waals surface area (Å²) >= 11 is 0. The first-order valence-electron chi connectivity index (χ1n) is 6.78. The zero-order valence-corrected chi connectivity index (χ0v) is 10.0. The van der Waals surface area contributed by atoms with Crippen molar-refractivity contribution in [3.63, 3.8) is 0 Å². The van der Waals surface area contributed by atoms with Gasteiger partial charge in [-0.15, -0.1) is 0 Å². The van der Waals surface area contributed by atoms with Crippen LogP contribution in [0.2, 0.25) is 0 Å². The van der Waals surface area contributed by atoms with Crippen LogP contribution in [-0.2, 0) is 0 Å². The molecule has 0 nitrogen and oxygen atoms in total. The molecule has 2 saturated carbocycles. The van der Waals surface area contributed by atoms with E-state index in [1.54, 1.807) is 12.8 Å². The normalized spacial score (nSPS) is 37.3. The Bertz CT molecular complexity index is 176. The fourth-order valence-corrected chi connectivity index (χ4v) is 4.30. The van der Waals surface area contributed by atoms with Crippen molar-refractivity contribution < 1.29 is 0 Å². The molecule has 0 heterocycles. The van der Waals surface area contributed by atoms with Crippen LogP contribution in [0.4, 0.5) is 0 Å². The van der Waals surface area contributed by atoms with E-state index in [0.717, 1.165) is 17.3 Å². The Balaban J connectivity index is 2.09. The molecule has 2 atom stereocenters. The van der Waals surface area contributed by atoms with Crippen molar-refractivity contribution in [2.75, 3.05) is 0 Å². The van der Waals surface area contributed by atoms with Crippen LogP contribution in [0.1, 0.15) is 71.6 Å². The topological polar surface area (TPSA) is 0 Å². The van der Waals surface area contributed by atoms with Crippen LogP contribution in [0.5, 0.6) is 0 Å². The standard InChI is InChI=1S/C14H26/c1-3-14(10-5-4-6-11-14)13-9-7-8-12(13)2/h12-13H,3-11H2,1-2H3. The van der Waals surface area contributed by atoms with Crippen LogP contribution in [0.3, 0.4) is 0 Å². The summed E-state index contributed by atoms with van der Waals surface area (Å²) in [4.78, 5) is 0. The second-order valence-electron chi connectivity index (χ2n) is 5.79. The number of hydrogen-bond donors (Lipinski definition) is 0. The minimum absolute atomic E-state index is 0.772. The van der Waals surface area contributed by atoms with E-state index in [2.05, 4.69) is 13.8 Å². The highest BCUT2D eigenvalue weighted by molar-refractivity contribution is 4.92. The lowest BCUT2D eigenvalue weighted by atomic mass is 9.61. The molecule has 0 bridgehead atoms. The van der Waals surface area contributed by atoms with Gasteiger partial charge in [0.05, 0.1) is 0 Å². The molecule has 0 amide bonds. The Labute approximate surface area is 89.5 Å². The molecule has 2 unspecified atom stereocenters. The first-order valence-corrected chi connectivity index (χ1v) is 6.78. The minimum atomic E-state index is 0.772. The Morgan fingerprint density at radius 1 is 1.00 bits per heavy atom. The summed E-state index contributed by atoms with van der Waals surface area (Å²) in [6.07, 6.45) is 13.6. The van der Waals surface area contributed by atoms with Crippen molar-refractivity contribution in [2.24, 2.45) is 17.3 Å². The summed E-state index contributed by atoms with van der Waals surface area (Å²) in [5.41, 5.74) is 0.772. The summed E-state index contributed by atoms with van der Waals surface area (Å²) in [5, 5.41) is 0. The van der Waals surface area contributed by atoms with Crippen molar-refractivity contribution in [3.05, 3.63) is 0 Å². The largest absolute Gasteiger partial charge is 0.0648 e. The van der Waals surface area contributed by atoms with E-state index in [0.29, 0.717) is 0 Å². The molecular formula is C14H26. The molecule has 0 aromatic carbocycles. The summed E-state index contributed by atoms with van der Waals surface area (Å²) in [5.74, 6) is 2.10. The summed E-state index contributed by atoms with van der Waals surface area (Å²) in [6, 6.07) is 0. The summed E-state index contributed by atoms with van der Waals surface area (Å²) < 4.78 is 0. The smallest absolute Gasteiger partial charge is 0.0269 e. The van der Waals surface area contributed by atoms with Gasteiger partial charge in [-0.2, -0.15) is 0 Å². The lowest BCUT2D eigenvalue weighted by Crippen LogP contribution is -2.33. The Hall–Kier alpha value is 0. The molecule has 2 aliphatic carbocycles. The van der Waals surface area contributed by atoms with Crippen LogP contribution in [0, 0.1) is 17.3 Å². The van der Waals surface area contributed by atoms with Gasteiger partial charge in [0.15, 0.2) is 0 Å². The molecule has 0 aliphatic heterocycles. The van der Waals surface area contributed by atoms with Crippen LogP contribution >= 0.6 is 0 Å². The van der Waals surface area contributed by atoms with Crippen molar-refractivity contribution in [2.45, 2.75) is 71.6 Å². The maximum absolute atomic E-state index is 2.50. The van der Waals surface area contributed by atoms with Gasteiger partial charge in [-0.3, -0.25) is 0 Å². The van der Waals surface area contributed by atoms with E-state index in [1.807, 2.05) is 0 Å². The maximum Gasteiger partial charge on any atom is -0.0269 e. The van der Waals surface area contributed by atoms with Crippen LogP contribution in [-0.4, -0.2) is 0 Å². The minimum Gasteiger partial charge on any atom is -0.0648 e. The van der Waals surface area contributed by atoms with Gasteiger partial charge in [-0.05, 0) is 36.5 Å². The fourth-order valence-electron chi connectivity index (χ4n) is 4.30. The van der Waals surface area contributed by atoms with Crippen molar-refractivity contribution >= 4 is 0 Å². The average molecular weight is 194 g/mol. The molecule has 2 rings (SSSR count). The SMILES string of the molecule is CCC1(C2CCCC2C)CCCCC1. The summed E-state index contributed by atoms with van der Waals surface area (Å²) in [7, 11) is 0. The highest BCUT2D eigenvalue weighted by Crippen LogP contribution is 2.53. The zero-order valence-electron chi connectivity index (χ0n) is 10.0. The fraction of sp³-hybridized carbons (Fsp3) is 1.00. The first kappa shape index (κ1) is 10.5. The quantitative estimate of drug-likeness (QED) is 0.593. The molecule has 0 radical (unpaired) electrons. The third-order valence-electron chi connectivity index (χ3n) is 5.20. The van der Waals surface area contributed by atoms with Crippen LogP contribution < -0.4 is 0 Å².